The molecular formula is C16H22N4O4. The minimum atomic E-state index is -0.509. The molecule has 0 unspecified atom stereocenters. The lowest BCUT2D eigenvalue weighted by molar-refractivity contribution is -0.0156. The summed E-state index contributed by atoms with van der Waals surface area (Å²) < 4.78 is 12.1. The molecule has 3 aliphatic heterocycles. The number of nitrogens with one attached hydrogen (secondary N) is 1. The van der Waals surface area contributed by atoms with E-state index in [1.54, 1.807) is 12.4 Å². The van der Waals surface area contributed by atoms with Gasteiger partial charge in [-0.2, -0.15) is 5.10 Å². The molecule has 3 rings (SSSR count). The predicted molar refractivity (Wildman–Crippen MR) is 87.3 cm³/mol. The number of hydrogen-bond donors (Lipinski definition) is 1. The van der Waals surface area contributed by atoms with Gasteiger partial charge in [0.1, 0.15) is 11.3 Å². The van der Waals surface area contributed by atoms with Gasteiger partial charge in [-0.1, -0.05) is 0 Å². The SMILES string of the molecule is COC(=O)c1cn(CC(C)(C)N2CCOCC2)cc2c(=O)[nH]nc1-2. The fraction of sp³-hybridized carbons (Fsp3) is 0.562. The summed E-state index contributed by atoms with van der Waals surface area (Å²) in [5.41, 5.74) is 0.547. The molecule has 8 nitrogen and oxygen atoms in total. The summed E-state index contributed by atoms with van der Waals surface area (Å²) in [6.45, 7) is 8.05. The molecular weight excluding hydrogens is 312 g/mol. The molecule has 1 N–H and O–H groups in total. The smallest absolute Gasteiger partial charge is 0.341 e. The molecule has 0 bridgehead atoms. The van der Waals surface area contributed by atoms with Crippen molar-refractivity contribution in [2.45, 2.75) is 25.9 Å². The van der Waals surface area contributed by atoms with Gasteiger partial charge in [0, 0.05) is 37.6 Å². The van der Waals surface area contributed by atoms with Crippen LogP contribution in [0, 0.1) is 0 Å². The van der Waals surface area contributed by atoms with Gasteiger partial charge in [-0.15, -0.1) is 0 Å². The van der Waals surface area contributed by atoms with Gasteiger partial charge in [-0.3, -0.25) is 9.69 Å². The Bertz CT molecular complexity index is 758. The third-order valence-electron chi connectivity index (χ3n) is 4.46. The van der Waals surface area contributed by atoms with Crippen LogP contribution in [0.2, 0.25) is 0 Å². The first-order valence-corrected chi connectivity index (χ1v) is 7.91. The second-order valence-corrected chi connectivity index (χ2v) is 6.56. The van der Waals surface area contributed by atoms with E-state index in [0.29, 0.717) is 31.0 Å². The summed E-state index contributed by atoms with van der Waals surface area (Å²) in [5, 5.41) is 6.33. The topological polar surface area (TPSA) is 89.5 Å². The number of fused-ring (bicyclic) bond motifs is 1. The van der Waals surface area contributed by atoms with Crippen LogP contribution in [0.4, 0.5) is 0 Å². The highest BCUT2D eigenvalue weighted by atomic mass is 16.5. The van der Waals surface area contributed by atoms with E-state index in [0.717, 1.165) is 13.1 Å². The van der Waals surface area contributed by atoms with Crippen LogP contribution in [0.5, 0.6) is 0 Å². The molecule has 0 aromatic heterocycles. The third kappa shape index (κ3) is 3.07. The minimum absolute atomic E-state index is 0.150. The number of carbonyl (C=O) groups excluding carboxylic acids is 1. The Morgan fingerprint density at radius 2 is 2.08 bits per heavy atom. The lowest BCUT2D eigenvalue weighted by Crippen LogP contribution is -2.52. The maximum Gasteiger partial charge on any atom is 0.341 e. The first-order chi connectivity index (χ1) is 11.4. The molecule has 8 heteroatoms. The molecule has 0 saturated carbocycles. The molecule has 0 spiro atoms. The van der Waals surface area contributed by atoms with Crippen molar-refractivity contribution >= 4 is 5.97 Å². The lowest BCUT2D eigenvalue weighted by Gasteiger charge is -2.41. The molecule has 1 saturated heterocycles. The number of morpholine rings is 1. The number of H-pyrrole nitrogens is 1. The largest absolute Gasteiger partial charge is 0.465 e. The number of rotatable bonds is 4. The van der Waals surface area contributed by atoms with E-state index in [1.807, 2.05) is 4.57 Å². The fourth-order valence-corrected chi connectivity index (χ4v) is 3.16. The third-order valence-corrected chi connectivity index (χ3v) is 4.46. The van der Waals surface area contributed by atoms with Gasteiger partial charge in [0.15, 0.2) is 0 Å². The van der Waals surface area contributed by atoms with Gasteiger partial charge in [0.05, 0.1) is 25.9 Å². The Kier molecular flexibility index (Phi) is 4.42. The van der Waals surface area contributed by atoms with Crippen LogP contribution in [0.15, 0.2) is 17.2 Å². The van der Waals surface area contributed by atoms with Gasteiger partial charge in [-0.25, -0.2) is 9.89 Å². The van der Waals surface area contributed by atoms with E-state index in [2.05, 4.69) is 28.9 Å². The number of methoxy groups -OCH3 is 1. The standard InChI is InChI=1S/C16H22N4O4/c1-16(2,20-4-6-24-7-5-20)10-19-8-11-13(17-18-14(11)21)12(9-19)15(22)23-3/h8-9H,4-7,10H2,1-3H3,(H,18,21). The molecule has 1 fully saturated rings. The summed E-state index contributed by atoms with van der Waals surface area (Å²) in [6.07, 6.45) is 3.42. The molecule has 0 aromatic rings. The molecule has 0 aromatic carbocycles. The van der Waals surface area contributed by atoms with Gasteiger partial charge in [0.2, 0.25) is 0 Å². The van der Waals surface area contributed by atoms with Crippen LogP contribution in [-0.2, 0) is 16.0 Å². The highest BCUT2D eigenvalue weighted by Crippen LogP contribution is 2.24. The molecule has 0 radical (unpaired) electrons. The Morgan fingerprint density at radius 1 is 1.38 bits per heavy atom. The van der Waals surface area contributed by atoms with E-state index in [1.165, 1.54) is 7.11 Å². The number of carbonyl (C=O) groups is 1. The zero-order chi connectivity index (χ0) is 17.3. The van der Waals surface area contributed by atoms with E-state index in [9.17, 15) is 9.59 Å². The molecule has 0 atom stereocenters. The van der Waals surface area contributed by atoms with Crippen LogP contribution in [0.3, 0.4) is 0 Å². The summed E-state index contributed by atoms with van der Waals surface area (Å²) >= 11 is 0. The second kappa shape index (κ2) is 6.37. The first kappa shape index (κ1) is 16.7. The number of pyridine rings is 1. The number of aromatic nitrogens is 3. The zero-order valence-corrected chi connectivity index (χ0v) is 14.2. The molecule has 24 heavy (non-hydrogen) atoms. The summed E-state index contributed by atoms with van der Waals surface area (Å²) in [5.74, 6) is -0.509. The predicted octanol–water partition coefficient (Wildman–Crippen LogP) is 0.574. The van der Waals surface area contributed by atoms with Crippen molar-refractivity contribution in [3.05, 3.63) is 28.3 Å². The van der Waals surface area contributed by atoms with Crippen molar-refractivity contribution in [2.75, 3.05) is 33.4 Å². The quantitative estimate of drug-likeness (QED) is 0.823. The van der Waals surface area contributed by atoms with Gasteiger partial charge in [0.25, 0.3) is 5.56 Å². The lowest BCUT2D eigenvalue weighted by atomic mass is 10.0. The van der Waals surface area contributed by atoms with Crippen LogP contribution >= 0.6 is 0 Å². The number of hydrogen-bond acceptors (Lipinski definition) is 6. The molecule has 3 aliphatic rings. The normalized spacial score (nSPS) is 16.5. The molecule has 130 valence electrons. The number of ether oxygens (including phenoxy) is 2. The summed E-state index contributed by atoms with van der Waals surface area (Å²) in [6, 6.07) is 0. The maximum absolute atomic E-state index is 12.0. The zero-order valence-electron chi connectivity index (χ0n) is 14.2. The molecule has 3 heterocycles. The molecule has 0 amide bonds. The van der Waals surface area contributed by atoms with Gasteiger partial charge in [-0.05, 0) is 13.8 Å². The van der Waals surface area contributed by atoms with Crippen molar-refractivity contribution in [2.24, 2.45) is 0 Å². The first-order valence-electron chi connectivity index (χ1n) is 7.91. The van der Waals surface area contributed by atoms with Gasteiger partial charge < -0.3 is 14.0 Å². The van der Waals surface area contributed by atoms with Crippen LogP contribution in [0.1, 0.15) is 24.2 Å². The van der Waals surface area contributed by atoms with Crippen molar-refractivity contribution in [1.82, 2.24) is 19.7 Å². The number of aromatic amines is 1. The Balaban J connectivity index is 1.96. The van der Waals surface area contributed by atoms with Crippen molar-refractivity contribution in [3.8, 4) is 11.3 Å². The van der Waals surface area contributed by atoms with E-state index < -0.39 is 5.97 Å². The fourth-order valence-electron chi connectivity index (χ4n) is 3.16. The van der Waals surface area contributed by atoms with Crippen LogP contribution in [-0.4, -0.2) is 64.6 Å². The minimum Gasteiger partial charge on any atom is -0.465 e. The Morgan fingerprint density at radius 3 is 2.75 bits per heavy atom. The Labute approximate surface area is 139 Å². The summed E-state index contributed by atoms with van der Waals surface area (Å²) in [7, 11) is 1.31. The summed E-state index contributed by atoms with van der Waals surface area (Å²) in [4.78, 5) is 26.3. The highest BCUT2D eigenvalue weighted by molar-refractivity contribution is 5.95. The van der Waals surface area contributed by atoms with E-state index >= 15 is 0 Å². The van der Waals surface area contributed by atoms with Crippen molar-refractivity contribution in [3.63, 3.8) is 0 Å². The average molecular weight is 334 g/mol. The average Bonchev–Trinajstić information content (AvgIpc) is 2.95. The monoisotopic (exact) mass is 334 g/mol. The van der Waals surface area contributed by atoms with Gasteiger partial charge >= 0.3 is 5.97 Å². The van der Waals surface area contributed by atoms with Crippen LogP contribution in [0.25, 0.3) is 11.3 Å². The van der Waals surface area contributed by atoms with E-state index in [-0.39, 0.29) is 16.7 Å². The highest BCUT2D eigenvalue weighted by Gasteiger charge is 2.30. The van der Waals surface area contributed by atoms with Crippen LogP contribution < -0.4 is 5.56 Å². The van der Waals surface area contributed by atoms with Crippen molar-refractivity contribution < 1.29 is 14.3 Å². The maximum atomic E-state index is 12.0. The van der Waals surface area contributed by atoms with Crippen molar-refractivity contribution in [1.29, 1.82) is 0 Å². The Hall–Kier alpha value is -2.19. The number of nitrogens with zero attached hydrogens (tertiary/aromatic N) is 3. The van der Waals surface area contributed by atoms with E-state index in [4.69, 9.17) is 9.47 Å². The second-order valence-electron chi connectivity index (χ2n) is 6.56. The number of esters is 1. The molecule has 0 aliphatic carbocycles.